The van der Waals surface area contributed by atoms with Gasteiger partial charge < -0.3 is 15.0 Å². The van der Waals surface area contributed by atoms with Crippen LogP contribution in [-0.2, 0) is 11.3 Å². The van der Waals surface area contributed by atoms with Crippen molar-refractivity contribution in [2.45, 2.75) is 26.4 Å². The van der Waals surface area contributed by atoms with Gasteiger partial charge in [0.2, 0.25) is 5.43 Å². The first-order valence-electron chi connectivity index (χ1n) is 9.08. The van der Waals surface area contributed by atoms with E-state index in [4.69, 9.17) is 0 Å². The number of hydrogen-bond donors (Lipinski definition) is 2. The topological polar surface area (TPSA) is 88.4 Å². The van der Waals surface area contributed by atoms with E-state index in [0.29, 0.717) is 17.4 Å². The quantitative estimate of drug-likeness (QED) is 0.690. The van der Waals surface area contributed by atoms with Crippen LogP contribution in [0.1, 0.15) is 29.8 Å². The zero-order chi connectivity index (χ0) is 20.3. The minimum absolute atomic E-state index is 0.0680. The second-order valence-electron chi connectivity index (χ2n) is 7.04. The number of hydrogen-bond acceptors (Lipinski definition) is 3. The molecule has 1 unspecified atom stereocenters. The van der Waals surface area contributed by atoms with Crippen LogP contribution in [0.4, 0.5) is 0 Å². The molecule has 28 heavy (non-hydrogen) atoms. The van der Waals surface area contributed by atoms with Crippen LogP contribution < -0.4 is 10.7 Å². The zero-order valence-corrected chi connectivity index (χ0v) is 15.8. The Morgan fingerprint density at radius 2 is 1.68 bits per heavy atom. The second-order valence-corrected chi connectivity index (χ2v) is 7.04. The normalized spacial score (nSPS) is 12.1. The van der Waals surface area contributed by atoms with Gasteiger partial charge in [-0.3, -0.25) is 9.59 Å². The standard InChI is InChI=1S/C22H22N2O4/c1-14(2)19(22(27)28)23-21(26)17-13-24(12-15-8-4-3-5-9-15)18-11-7-6-10-16(18)20(17)25/h3-11,13-14,19H,12H2,1-2H3,(H,23,26)(H,27,28). The lowest BCUT2D eigenvalue weighted by molar-refractivity contribution is -0.140. The molecule has 0 aliphatic rings. The molecule has 0 aliphatic heterocycles. The summed E-state index contributed by atoms with van der Waals surface area (Å²) in [4.78, 5) is 37.0. The smallest absolute Gasteiger partial charge is 0.326 e. The molecular weight excluding hydrogens is 356 g/mol. The number of nitrogens with zero attached hydrogens (tertiary/aromatic N) is 1. The Bertz CT molecular complexity index is 1070. The van der Waals surface area contributed by atoms with Crippen molar-refractivity contribution in [3.05, 3.63) is 82.1 Å². The Hall–Kier alpha value is -3.41. The highest BCUT2D eigenvalue weighted by atomic mass is 16.4. The summed E-state index contributed by atoms with van der Waals surface area (Å²) < 4.78 is 1.84. The molecule has 1 amide bonds. The van der Waals surface area contributed by atoms with Crippen LogP contribution in [0.5, 0.6) is 0 Å². The van der Waals surface area contributed by atoms with Crippen LogP contribution in [0.25, 0.3) is 10.9 Å². The summed E-state index contributed by atoms with van der Waals surface area (Å²) in [5.74, 6) is -2.12. The van der Waals surface area contributed by atoms with E-state index in [0.717, 1.165) is 5.56 Å². The molecule has 1 aromatic heterocycles. The maximum absolute atomic E-state index is 12.9. The van der Waals surface area contributed by atoms with Gasteiger partial charge in [0.25, 0.3) is 5.91 Å². The Balaban J connectivity index is 2.08. The van der Waals surface area contributed by atoms with E-state index in [-0.39, 0.29) is 11.5 Å². The Kier molecular flexibility index (Phi) is 5.59. The van der Waals surface area contributed by atoms with Crippen molar-refractivity contribution >= 4 is 22.8 Å². The number of carboxylic acid groups (broad SMARTS) is 1. The lowest BCUT2D eigenvalue weighted by Crippen LogP contribution is -2.45. The molecular formula is C22H22N2O4. The van der Waals surface area contributed by atoms with Crippen molar-refractivity contribution in [3.8, 4) is 0 Å². The molecule has 3 aromatic rings. The van der Waals surface area contributed by atoms with E-state index < -0.39 is 23.3 Å². The maximum Gasteiger partial charge on any atom is 0.326 e. The van der Waals surface area contributed by atoms with Gasteiger partial charge in [-0.15, -0.1) is 0 Å². The van der Waals surface area contributed by atoms with Gasteiger partial charge in [-0.1, -0.05) is 56.3 Å². The van der Waals surface area contributed by atoms with Gasteiger partial charge in [0, 0.05) is 18.1 Å². The van der Waals surface area contributed by atoms with Gasteiger partial charge in [-0.2, -0.15) is 0 Å². The minimum atomic E-state index is -1.13. The fourth-order valence-corrected chi connectivity index (χ4v) is 3.15. The number of amides is 1. The van der Waals surface area contributed by atoms with Gasteiger partial charge in [0.15, 0.2) is 0 Å². The van der Waals surface area contributed by atoms with Crippen LogP contribution in [-0.4, -0.2) is 27.6 Å². The largest absolute Gasteiger partial charge is 0.480 e. The Morgan fingerprint density at radius 1 is 1.04 bits per heavy atom. The van der Waals surface area contributed by atoms with Crippen molar-refractivity contribution in [1.29, 1.82) is 0 Å². The molecule has 1 heterocycles. The average Bonchev–Trinajstić information content (AvgIpc) is 2.68. The highest BCUT2D eigenvalue weighted by Gasteiger charge is 2.25. The fraction of sp³-hybridized carbons (Fsp3) is 0.227. The van der Waals surface area contributed by atoms with E-state index in [1.807, 2.05) is 47.0 Å². The second kappa shape index (κ2) is 8.08. The molecule has 0 saturated carbocycles. The SMILES string of the molecule is CC(C)C(NC(=O)c1cn(Cc2ccccc2)c2ccccc2c1=O)C(=O)O. The summed E-state index contributed by atoms with van der Waals surface area (Å²) in [7, 11) is 0. The fourth-order valence-electron chi connectivity index (χ4n) is 3.15. The summed E-state index contributed by atoms with van der Waals surface area (Å²) in [6.07, 6.45) is 1.51. The van der Waals surface area contributed by atoms with Crippen molar-refractivity contribution < 1.29 is 14.7 Å². The first kappa shape index (κ1) is 19.4. The van der Waals surface area contributed by atoms with Gasteiger partial charge in [-0.25, -0.2) is 4.79 Å². The molecule has 0 radical (unpaired) electrons. The molecule has 0 bridgehead atoms. The molecule has 1 atom stereocenters. The lowest BCUT2D eigenvalue weighted by Gasteiger charge is -2.19. The average molecular weight is 378 g/mol. The number of rotatable bonds is 6. The first-order chi connectivity index (χ1) is 13.4. The van der Waals surface area contributed by atoms with Gasteiger partial charge in [-0.05, 0) is 23.6 Å². The number of aliphatic carboxylic acids is 1. The summed E-state index contributed by atoms with van der Waals surface area (Å²) in [6.45, 7) is 3.88. The van der Waals surface area contributed by atoms with Gasteiger partial charge >= 0.3 is 5.97 Å². The zero-order valence-electron chi connectivity index (χ0n) is 15.8. The molecule has 0 spiro atoms. The third kappa shape index (κ3) is 3.96. The third-order valence-electron chi connectivity index (χ3n) is 4.65. The van der Waals surface area contributed by atoms with E-state index in [1.165, 1.54) is 6.20 Å². The molecule has 2 N–H and O–H groups in total. The molecule has 6 nitrogen and oxygen atoms in total. The predicted octanol–water partition coefficient (Wildman–Crippen LogP) is 2.89. The highest BCUT2D eigenvalue weighted by molar-refractivity contribution is 5.99. The summed E-state index contributed by atoms with van der Waals surface area (Å²) in [5, 5.41) is 12.2. The van der Waals surface area contributed by atoms with Crippen molar-refractivity contribution in [3.63, 3.8) is 0 Å². The van der Waals surface area contributed by atoms with Crippen molar-refractivity contribution in [1.82, 2.24) is 9.88 Å². The van der Waals surface area contributed by atoms with Crippen molar-refractivity contribution in [2.24, 2.45) is 5.92 Å². The van der Waals surface area contributed by atoms with Gasteiger partial charge in [0.05, 0.1) is 5.52 Å². The number of para-hydroxylation sites is 1. The molecule has 0 fully saturated rings. The Labute approximate surface area is 162 Å². The van der Waals surface area contributed by atoms with E-state index in [9.17, 15) is 19.5 Å². The summed E-state index contributed by atoms with van der Waals surface area (Å²) in [5.41, 5.74) is 1.26. The van der Waals surface area contributed by atoms with Crippen LogP contribution in [0, 0.1) is 5.92 Å². The molecule has 2 aromatic carbocycles. The molecule has 3 rings (SSSR count). The monoisotopic (exact) mass is 378 g/mol. The molecule has 0 saturated heterocycles. The highest BCUT2D eigenvalue weighted by Crippen LogP contribution is 2.15. The van der Waals surface area contributed by atoms with Crippen LogP contribution in [0.2, 0.25) is 0 Å². The Morgan fingerprint density at radius 3 is 2.32 bits per heavy atom. The maximum atomic E-state index is 12.9. The van der Waals surface area contributed by atoms with E-state index >= 15 is 0 Å². The van der Waals surface area contributed by atoms with Gasteiger partial charge in [0.1, 0.15) is 11.6 Å². The van der Waals surface area contributed by atoms with Crippen molar-refractivity contribution in [2.75, 3.05) is 0 Å². The first-order valence-corrected chi connectivity index (χ1v) is 9.08. The number of fused-ring (bicyclic) bond motifs is 1. The molecule has 6 heteroatoms. The lowest BCUT2D eigenvalue weighted by atomic mass is 10.0. The number of carboxylic acids is 1. The number of carbonyl (C=O) groups excluding carboxylic acids is 1. The summed E-state index contributed by atoms with van der Waals surface area (Å²) >= 11 is 0. The van der Waals surface area contributed by atoms with E-state index in [1.54, 1.807) is 26.0 Å². The van der Waals surface area contributed by atoms with Crippen LogP contribution in [0.15, 0.2) is 65.6 Å². The number of carbonyl (C=O) groups is 2. The number of nitrogens with one attached hydrogen (secondary N) is 1. The third-order valence-corrected chi connectivity index (χ3v) is 4.65. The van der Waals surface area contributed by atoms with Crippen LogP contribution in [0.3, 0.4) is 0 Å². The van der Waals surface area contributed by atoms with E-state index in [2.05, 4.69) is 5.32 Å². The van der Waals surface area contributed by atoms with Crippen LogP contribution >= 0.6 is 0 Å². The molecule has 0 aliphatic carbocycles. The minimum Gasteiger partial charge on any atom is -0.480 e. The number of pyridine rings is 1. The summed E-state index contributed by atoms with van der Waals surface area (Å²) in [6, 6.07) is 15.7. The predicted molar refractivity (Wildman–Crippen MR) is 107 cm³/mol. The molecule has 144 valence electrons. The number of aromatic nitrogens is 1. The number of benzene rings is 2.